The topological polar surface area (TPSA) is 53.1 Å². The van der Waals surface area contributed by atoms with E-state index in [4.69, 9.17) is 5.11 Å². The number of aromatic amines is 1. The second-order valence-electron chi connectivity index (χ2n) is 4.26. The predicted molar refractivity (Wildman–Crippen MR) is 58.3 cm³/mol. The Morgan fingerprint density at radius 2 is 2.20 bits per heavy atom. The standard InChI is InChI=1S/C12H17NO2/c1-2-10-9(12(14)15)7-11(13-10)8-5-3-4-6-8/h7-8,13H,2-6H2,1H3,(H,14,15). The van der Waals surface area contributed by atoms with Crippen LogP contribution < -0.4 is 0 Å². The summed E-state index contributed by atoms with van der Waals surface area (Å²) in [5.74, 6) is -0.254. The minimum atomic E-state index is -0.813. The molecule has 0 atom stereocenters. The Kier molecular flexibility index (Phi) is 2.80. The van der Waals surface area contributed by atoms with Gasteiger partial charge in [-0.2, -0.15) is 0 Å². The normalized spacial score (nSPS) is 17.1. The Labute approximate surface area is 89.5 Å². The van der Waals surface area contributed by atoms with Gasteiger partial charge < -0.3 is 10.1 Å². The molecule has 0 spiro atoms. The average Bonchev–Trinajstić information content (AvgIpc) is 2.86. The number of nitrogens with one attached hydrogen (secondary N) is 1. The molecule has 3 nitrogen and oxygen atoms in total. The first kappa shape index (κ1) is 10.3. The fourth-order valence-corrected chi connectivity index (χ4v) is 2.45. The zero-order valence-electron chi connectivity index (χ0n) is 9.05. The van der Waals surface area contributed by atoms with E-state index in [9.17, 15) is 4.79 Å². The van der Waals surface area contributed by atoms with Crippen LogP contribution in [0.15, 0.2) is 6.07 Å². The maximum Gasteiger partial charge on any atom is 0.337 e. The molecule has 1 fully saturated rings. The molecule has 2 rings (SSSR count). The third kappa shape index (κ3) is 1.91. The number of H-pyrrole nitrogens is 1. The molecule has 0 aliphatic heterocycles. The summed E-state index contributed by atoms with van der Waals surface area (Å²) in [4.78, 5) is 14.3. The minimum Gasteiger partial charge on any atom is -0.478 e. The Bertz CT molecular complexity index is 362. The molecule has 0 unspecified atom stereocenters. The number of hydrogen-bond acceptors (Lipinski definition) is 1. The number of hydrogen-bond donors (Lipinski definition) is 2. The first-order valence-corrected chi connectivity index (χ1v) is 5.67. The monoisotopic (exact) mass is 207 g/mol. The van der Waals surface area contributed by atoms with Crippen molar-refractivity contribution in [2.75, 3.05) is 0 Å². The fourth-order valence-electron chi connectivity index (χ4n) is 2.45. The summed E-state index contributed by atoms with van der Waals surface area (Å²) in [6.45, 7) is 1.98. The highest BCUT2D eigenvalue weighted by Crippen LogP contribution is 2.34. The second kappa shape index (κ2) is 4.09. The van der Waals surface area contributed by atoms with Crippen molar-refractivity contribution in [1.29, 1.82) is 0 Å². The molecule has 1 saturated carbocycles. The summed E-state index contributed by atoms with van der Waals surface area (Å²) in [6.07, 6.45) is 5.70. The van der Waals surface area contributed by atoms with Crippen LogP contribution in [0.2, 0.25) is 0 Å². The average molecular weight is 207 g/mol. The molecule has 15 heavy (non-hydrogen) atoms. The van der Waals surface area contributed by atoms with Gasteiger partial charge in [-0.15, -0.1) is 0 Å². The van der Waals surface area contributed by atoms with Crippen molar-refractivity contribution in [1.82, 2.24) is 4.98 Å². The van der Waals surface area contributed by atoms with Crippen LogP contribution in [-0.2, 0) is 6.42 Å². The first-order valence-electron chi connectivity index (χ1n) is 5.67. The maximum absolute atomic E-state index is 11.0. The van der Waals surface area contributed by atoms with Crippen LogP contribution in [-0.4, -0.2) is 16.1 Å². The van der Waals surface area contributed by atoms with Crippen LogP contribution in [0.25, 0.3) is 0 Å². The molecule has 1 aromatic rings. The van der Waals surface area contributed by atoms with Gasteiger partial charge in [0.25, 0.3) is 0 Å². The number of carbonyl (C=O) groups is 1. The number of carboxylic acids is 1. The van der Waals surface area contributed by atoms with Crippen molar-refractivity contribution in [2.24, 2.45) is 0 Å². The summed E-state index contributed by atoms with van der Waals surface area (Å²) in [7, 11) is 0. The smallest absolute Gasteiger partial charge is 0.337 e. The lowest BCUT2D eigenvalue weighted by molar-refractivity contribution is 0.0696. The third-order valence-corrected chi connectivity index (χ3v) is 3.30. The van der Waals surface area contributed by atoms with E-state index in [1.54, 1.807) is 0 Å². The second-order valence-corrected chi connectivity index (χ2v) is 4.26. The maximum atomic E-state index is 11.0. The van der Waals surface area contributed by atoms with Gasteiger partial charge in [-0.05, 0) is 31.2 Å². The highest BCUT2D eigenvalue weighted by Gasteiger charge is 2.21. The summed E-state index contributed by atoms with van der Waals surface area (Å²) in [6, 6.07) is 1.83. The zero-order valence-corrected chi connectivity index (χ0v) is 9.05. The van der Waals surface area contributed by atoms with E-state index in [1.807, 2.05) is 13.0 Å². The van der Waals surface area contributed by atoms with Crippen molar-refractivity contribution in [2.45, 2.75) is 44.9 Å². The molecule has 0 amide bonds. The summed E-state index contributed by atoms with van der Waals surface area (Å²) < 4.78 is 0. The quantitative estimate of drug-likeness (QED) is 0.800. The van der Waals surface area contributed by atoms with E-state index in [0.717, 1.165) is 17.8 Å². The van der Waals surface area contributed by atoms with E-state index in [0.29, 0.717) is 11.5 Å². The van der Waals surface area contributed by atoms with Crippen molar-refractivity contribution >= 4 is 5.97 Å². The summed E-state index contributed by atoms with van der Waals surface area (Å²) in [5.41, 5.74) is 2.45. The Hall–Kier alpha value is -1.25. The summed E-state index contributed by atoms with van der Waals surface area (Å²) in [5, 5.41) is 9.03. The lowest BCUT2D eigenvalue weighted by Crippen LogP contribution is -1.98. The third-order valence-electron chi connectivity index (χ3n) is 3.30. The van der Waals surface area contributed by atoms with Gasteiger partial charge in [-0.3, -0.25) is 0 Å². The molecule has 2 N–H and O–H groups in total. The first-order chi connectivity index (χ1) is 7.22. The van der Waals surface area contributed by atoms with E-state index >= 15 is 0 Å². The molecule has 82 valence electrons. The number of aromatic nitrogens is 1. The van der Waals surface area contributed by atoms with Gasteiger partial charge >= 0.3 is 5.97 Å². The molecule has 1 aromatic heterocycles. The van der Waals surface area contributed by atoms with Gasteiger partial charge in [-0.1, -0.05) is 19.8 Å². The number of aryl methyl sites for hydroxylation is 1. The van der Waals surface area contributed by atoms with Crippen LogP contribution in [0.1, 0.15) is 60.3 Å². The van der Waals surface area contributed by atoms with Crippen molar-refractivity contribution in [3.8, 4) is 0 Å². The summed E-state index contributed by atoms with van der Waals surface area (Å²) >= 11 is 0. The van der Waals surface area contributed by atoms with Crippen LogP contribution in [0.4, 0.5) is 0 Å². The lowest BCUT2D eigenvalue weighted by Gasteiger charge is -2.04. The Balaban J connectivity index is 2.29. The van der Waals surface area contributed by atoms with Crippen LogP contribution >= 0.6 is 0 Å². The molecule has 1 aliphatic carbocycles. The number of aromatic carboxylic acids is 1. The van der Waals surface area contributed by atoms with Gasteiger partial charge in [0.1, 0.15) is 0 Å². The minimum absolute atomic E-state index is 0.458. The molecular weight excluding hydrogens is 190 g/mol. The molecule has 3 heteroatoms. The van der Waals surface area contributed by atoms with E-state index in [-0.39, 0.29) is 0 Å². The number of rotatable bonds is 3. The largest absolute Gasteiger partial charge is 0.478 e. The van der Waals surface area contributed by atoms with Crippen LogP contribution in [0.3, 0.4) is 0 Å². The van der Waals surface area contributed by atoms with Gasteiger partial charge in [0.15, 0.2) is 0 Å². The molecule has 0 radical (unpaired) electrons. The van der Waals surface area contributed by atoms with Gasteiger partial charge in [-0.25, -0.2) is 4.79 Å². The zero-order chi connectivity index (χ0) is 10.8. The molecule has 0 aromatic carbocycles. The molecule has 0 bridgehead atoms. The van der Waals surface area contributed by atoms with Crippen LogP contribution in [0.5, 0.6) is 0 Å². The predicted octanol–water partition coefficient (Wildman–Crippen LogP) is 2.93. The van der Waals surface area contributed by atoms with E-state index < -0.39 is 5.97 Å². The van der Waals surface area contributed by atoms with Crippen LogP contribution in [0, 0.1) is 0 Å². The molecular formula is C12H17NO2. The lowest BCUT2D eigenvalue weighted by atomic mass is 10.0. The van der Waals surface area contributed by atoms with Crippen molar-refractivity contribution in [3.05, 3.63) is 23.0 Å². The fraction of sp³-hybridized carbons (Fsp3) is 0.583. The van der Waals surface area contributed by atoms with Crippen molar-refractivity contribution < 1.29 is 9.90 Å². The van der Waals surface area contributed by atoms with Gasteiger partial charge in [0, 0.05) is 11.4 Å². The number of carboxylic acid groups (broad SMARTS) is 1. The highest BCUT2D eigenvalue weighted by molar-refractivity contribution is 5.89. The van der Waals surface area contributed by atoms with E-state index in [1.165, 1.54) is 25.7 Å². The molecule has 0 saturated heterocycles. The van der Waals surface area contributed by atoms with E-state index in [2.05, 4.69) is 4.98 Å². The Morgan fingerprint density at radius 1 is 1.53 bits per heavy atom. The van der Waals surface area contributed by atoms with Gasteiger partial charge in [0.05, 0.1) is 5.56 Å². The van der Waals surface area contributed by atoms with Gasteiger partial charge in [0.2, 0.25) is 0 Å². The highest BCUT2D eigenvalue weighted by atomic mass is 16.4. The molecule has 1 heterocycles. The SMILES string of the molecule is CCc1[nH]c(C2CCCC2)cc1C(=O)O. The Morgan fingerprint density at radius 3 is 2.67 bits per heavy atom. The van der Waals surface area contributed by atoms with Crippen molar-refractivity contribution in [3.63, 3.8) is 0 Å². The molecule has 1 aliphatic rings.